The van der Waals surface area contributed by atoms with Crippen molar-refractivity contribution in [1.29, 1.82) is 5.41 Å². The lowest BCUT2D eigenvalue weighted by molar-refractivity contribution is 0.115. The lowest BCUT2D eigenvalue weighted by Crippen LogP contribution is -2.34. The van der Waals surface area contributed by atoms with E-state index in [2.05, 4.69) is 0 Å². The Bertz CT molecular complexity index is 849. The van der Waals surface area contributed by atoms with Crippen LogP contribution < -0.4 is 0 Å². The van der Waals surface area contributed by atoms with Crippen LogP contribution in [-0.4, -0.2) is 10.8 Å². The van der Waals surface area contributed by atoms with Gasteiger partial charge < -0.3 is 10.5 Å². The second-order valence-corrected chi connectivity index (χ2v) is 5.61. The third-order valence-electron chi connectivity index (χ3n) is 4.34. The fraction of sp³-hybridized carbons (Fsp3) is 0.105. The van der Waals surface area contributed by atoms with Gasteiger partial charge in [-0.25, -0.2) is 0 Å². The lowest BCUT2D eigenvalue weighted by atomic mass is 9.86. The van der Waals surface area contributed by atoms with Crippen molar-refractivity contribution in [3.05, 3.63) is 83.4 Å². The van der Waals surface area contributed by atoms with Crippen molar-refractivity contribution in [1.82, 2.24) is 0 Å². The molecule has 2 heteroatoms. The van der Waals surface area contributed by atoms with Gasteiger partial charge in [-0.15, -0.1) is 0 Å². The molecule has 102 valence electrons. The monoisotopic (exact) mass is 273 g/mol. The third-order valence-corrected chi connectivity index (χ3v) is 4.34. The summed E-state index contributed by atoms with van der Waals surface area (Å²) in [4.78, 5) is 0. The van der Waals surface area contributed by atoms with Crippen LogP contribution in [0.15, 0.2) is 66.7 Å². The summed E-state index contributed by atoms with van der Waals surface area (Å²) in [5.74, 6) is 0. The summed E-state index contributed by atoms with van der Waals surface area (Å²) in [6, 6.07) is 21.7. The van der Waals surface area contributed by atoms with Crippen LogP contribution >= 0.6 is 0 Å². The summed E-state index contributed by atoms with van der Waals surface area (Å²) in [5.41, 5.74) is 1.81. The van der Waals surface area contributed by atoms with Gasteiger partial charge in [0.2, 0.25) is 0 Å². The molecule has 0 heterocycles. The number of rotatable bonds is 2. The minimum absolute atomic E-state index is 0.304. The Morgan fingerprint density at radius 2 is 1.57 bits per heavy atom. The normalized spacial score (nSPS) is 20.1. The van der Waals surface area contributed by atoms with Gasteiger partial charge in [0, 0.05) is 12.0 Å². The van der Waals surface area contributed by atoms with Gasteiger partial charge >= 0.3 is 0 Å². The van der Waals surface area contributed by atoms with Gasteiger partial charge in [-0.05, 0) is 21.9 Å². The first-order chi connectivity index (χ1) is 10.2. The third kappa shape index (κ3) is 1.66. The molecule has 1 atom stereocenters. The molecule has 1 unspecified atom stereocenters. The number of aliphatic hydroxyl groups is 1. The Labute approximate surface area is 123 Å². The molecular weight excluding hydrogens is 258 g/mol. The van der Waals surface area contributed by atoms with E-state index in [1.165, 1.54) is 0 Å². The molecule has 1 aliphatic rings. The second-order valence-electron chi connectivity index (χ2n) is 5.61. The van der Waals surface area contributed by atoms with Gasteiger partial charge in [0.15, 0.2) is 0 Å². The summed E-state index contributed by atoms with van der Waals surface area (Å²) in [5, 5.41) is 21.8. The van der Waals surface area contributed by atoms with E-state index in [9.17, 15) is 5.11 Å². The molecule has 0 radical (unpaired) electrons. The highest BCUT2D eigenvalue weighted by atomic mass is 16.3. The van der Waals surface area contributed by atoms with Crippen molar-refractivity contribution < 1.29 is 5.11 Å². The van der Waals surface area contributed by atoms with Gasteiger partial charge in [0.25, 0.3) is 0 Å². The maximum atomic E-state index is 11.2. The van der Waals surface area contributed by atoms with Crippen molar-refractivity contribution in [2.45, 2.75) is 12.0 Å². The average molecular weight is 273 g/mol. The molecule has 3 aromatic rings. The first kappa shape index (κ1) is 12.3. The Morgan fingerprint density at radius 3 is 2.33 bits per heavy atom. The predicted molar refractivity (Wildman–Crippen MR) is 84.8 cm³/mol. The number of benzene rings is 3. The first-order valence-electron chi connectivity index (χ1n) is 7.08. The van der Waals surface area contributed by atoms with Crippen molar-refractivity contribution in [3.8, 4) is 0 Å². The SMILES string of the molecule is N=C1c2cccc3cccc(c23)C1(O)Cc1ccccc1. The molecule has 4 rings (SSSR count). The molecule has 0 amide bonds. The zero-order valence-electron chi connectivity index (χ0n) is 11.5. The Balaban J connectivity index is 1.93. The Morgan fingerprint density at radius 1 is 0.857 bits per heavy atom. The zero-order valence-corrected chi connectivity index (χ0v) is 11.5. The van der Waals surface area contributed by atoms with E-state index in [0.29, 0.717) is 12.1 Å². The van der Waals surface area contributed by atoms with E-state index < -0.39 is 5.60 Å². The Hall–Kier alpha value is -2.45. The van der Waals surface area contributed by atoms with Crippen LogP contribution in [0.1, 0.15) is 16.7 Å². The summed E-state index contributed by atoms with van der Waals surface area (Å²) in [6.07, 6.45) is 0.431. The molecule has 1 aliphatic carbocycles. The van der Waals surface area contributed by atoms with Crippen LogP contribution in [0.2, 0.25) is 0 Å². The highest BCUT2D eigenvalue weighted by molar-refractivity contribution is 6.20. The van der Waals surface area contributed by atoms with E-state index >= 15 is 0 Å². The van der Waals surface area contributed by atoms with Crippen LogP contribution in [0.25, 0.3) is 10.8 Å². The highest BCUT2D eigenvalue weighted by Gasteiger charge is 2.42. The van der Waals surface area contributed by atoms with Crippen LogP contribution in [-0.2, 0) is 12.0 Å². The molecule has 21 heavy (non-hydrogen) atoms. The van der Waals surface area contributed by atoms with Gasteiger partial charge in [-0.1, -0.05) is 66.7 Å². The van der Waals surface area contributed by atoms with Gasteiger partial charge in [-0.3, -0.25) is 0 Å². The molecule has 0 aliphatic heterocycles. The lowest BCUT2D eigenvalue weighted by Gasteiger charge is -2.25. The second kappa shape index (κ2) is 4.27. The minimum Gasteiger partial charge on any atom is -0.378 e. The molecule has 3 aromatic carbocycles. The molecule has 0 bridgehead atoms. The first-order valence-corrected chi connectivity index (χ1v) is 7.08. The summed E-state index contributed by atoms with van der Waals surface area (Å²) in [7, 11) is 0. The minimum atomic E-state index is -1.23. The van der Waals surface area contributed by atoms with Gasteiger partial charge in [0.1, 0.15) is 5.60 Å². The van der Waals surface area contributed by atoms with E-state index in [1.807, 2.05) is 66.7 Å². The number of hydrogen-bond acceptors (Lipinski definition) is 2. The summed E-state index contributed by atoms with van der Waals surface area (Å²) >= 11 is 0. The van der Waals surface area contributed by atoms with Gasteiger partial charge in [0.05, 0.1) is 5.71 Å². The molecule has 0 fully saturated rings. The fourth-order valence-corrected chi connectivity index (χ4v) is 3.33. The largest absolute Gasteiger partial charge is 0.378 e. The number of nitrogens with one attached hydrogen (secondary N) is 1. The van der Waals surface area contributed by atoms with Crippen molar-refractivity contribution >= 4 is 16.5 Å². The Kier molecular flexibility index (Phi) is 2.50. The van der Waals surface area contributed by atoms with E-state index in [0.717, 1.165) is 27.5 Å². The van der Waals surface area contributed by atoms with Crippen LogP contribution in [0.4, 0.5) is 0 Å². The predicted octanol–water partition coefficient (Wildman–Crippen LogP) is 3.65. The molecule has 0 spiro atoms. The summed E-state index contributed by atoms with van der Waals surface area (Å²) < 4.78 is 0. The molecule has 0 saturated heterocycles. The fourth-order valence-electron chi connectivity index (χ4n) is 3.33. The van der Waals surface area contributed by atoms with Crippen LogP contribution in [0, 0.1) is 5.41 Å². The van der Waals surface area contributed by atoms with Gasteiger partial charge in [-0.2, -0.15) is 0 Å². The van der Waals surface area contributed by atoms with Crippen LogP contribution in [0.5, 0.6) is 0 Å². The molecule has 0 saturated carbocycles. The smallest absolute Gasteiger partial charge is 0.136 e. The quantitative estimate of drug-likeness (QED) is 0.735. The maximum Gasteiger partial charge on any atom is 0.136 e. The van der Waals surface area contributed by atoms with E-state index in [-0.39, 0.29) is 0 Å². The standard InChI is InChI=1S/C19H15NO/c20-18-15-10-4-8-14-9-5-11-16(17(14)15)19(18,21)12-13-6-2-1-3-7-13/h1-11,20-21H,12H2. The highest BCUT2D eigenvalue weighted by Crippen LogP contribution is 2.42. The maximum absolute atomic E-state index is 11.2. The molecule has 0 aromatic heterocycles. The van der Waals surface area contributed by atoms with Crippen molar-refractivity contribution in [2.75, 3.05) is 0 Å². The summed E-state index contributed by atoms with van der Waals surface area (Å²) in [6.45, 7) is 0. The van der Waals surface area contributed by atoms with E-state index in [4.69, 9.17) is 5.41 Å². The molecule has 2 nitrogen and oxygen atoms in total. The van der Waals surface area contributed by atoms with Crippen molar-refractivity contribution in [2.24, 2.45) is 0 Å². The molecular formula is C19H15NO. The topological polar surface area (TPSA) is 44.1 Å². The zero-order chi connectivity index (χ0) is 14.4. The number of hydrogen-bond donors (Lipinski definition) is 2. The molecule has 2 N–H and O–H groups in total. The van der Waals surface area contributed by atoms with E-state index in [1.54, 1.807) is 0 Å². The van der Waals surface area contributed by atoms with Crippen LogP contribution in [0.3, 0.4) is 0 Å². The van der Waals surface area contributed by atoms with Crippen molar-refractivity contribution in [3.63, 3.8) is 0 Å². The average Bonchev–Trinajstić information content (AvgIpc) is 2.73.